The molecule has 6 nitrogen and oxygen atoms in total. The van der Waals surface area contributed by atoms with Gasteiger partial charge in [0.05, 0.1) is 17.3 Å². The van der Waals surface area contributed by atoms with Crippen LogP contribution in [-0.4, -0.2) is 44.4 Å². The van der Waals surface area contributed by atoms with E-state index < -0.39 is 11.7 Å². The zero-order chi connectivity index (χ0) is 23.9. The maximum absolute atomic E-state index is 13.7. The van der Waals surface area contributed by atoms with Crippen LogP contribution in [0.2, 0.25) is 0 Å². The van der Waals surface area contributed by atoms with Crippen LogP contribution >= 0.6 is 0 Å². The average Bonchev–Trinajstić information content (AvgIpc) is 2.84. The number of piperidine rings is 2. The van der Waals surface area contributed by atoms with Crippen LogP contribution in [0, 0.1) is 12.8 Å². The molecule has 34 heavy (non-hydrogen) atoms. The molecule has 5 heterocycles. The van der Waals surface area contributed by atoms with Gasteiger partial charge in [-0.15, -0.1) is 0 Å². The summed E-state index contributed by atoms with van der Waals surface area (Å²) in [5.41, 5.74) is 1.84. The number of halogens is 3. The van der Waals surface area contributed by atoms with Crippen LogP contribution in [0.4, 0.5) is 13.2 Å². The highest BCUT2D eigenvalue weighted by atomic mass is 19.4. The topological polar surface area (TPSA) is 68.2 Å². The van der Waals surface area contributed by atoms with Crippen molar-refractivity contribution in [3.8, 4) is 17.1 Å². The van der Waals surface area contributed by atoms with E-state index in [-0.39, 0.29) is 29.9 Å². The molecule has 1 saturated carbocycles. The van der Waals surface area contributed by atoms with Crippen molar-refractivity contribution in [3.05, 3.63) is 71.8 Å². The maximum Gasteiger partial charge on any atom is 0.417 e. The number of alkyl halides is 3. The van der Waals surface area contributed by atoms with Gasteiger partial charge in [-0.1, -0.05) is 6.07 Å². The van der Waals surface area contributed by atoms with Crippen LogP contribution in [0.5, 0.6) is 5.88 Å². The summed E-state index contributed by atoms with van der Waals surface area (Å²) >= 11 is 0. The Hall–Kier alpha value is -3.49. The Morgan fingerprint density at radius 3 is 2.56 bits per heavy atom. The molecule has 0 aromatic carbocycles. The van der Waals surface area contributed by atoms with Crippen LogP contribution in [0.1, 0.15) is 40.9 Å². The molecule has 2 bridgehead atoms. The summed E-state index contributed by atoms with van der Waals surface area (Å²) in [7, 11) is 0. The Morgan fingerprint density at radius 1 is 1.06 bits per heavy atom. The molecule has 2 aliphatic heterocycles. The van der Waals surface area contributed by atoms with Gasteiger partial charge in [0, 0.05) is 36.8 Å². The number of amides is 1. The van der Waals surface area contributed by atoms with Crippen molar-refractivity contribution in [2.45, 2.75) is 44.5 Å². The van der Waals surface area contributed by atoms with Crippen LogP contribution in [-0.2, 0) is 6.18 Å². The lowest BCUT2D eigenvalue weighted by Gasteiger charge is -2.49. The van der Waals surface area contributed by atoms with Crippen molar-refractivity contribution in [2.75, 3.05) is 6.54 Å². The van der Waals surface area contributed by atoms with Crippen LogP contribution in [0.25, 0.3) is 11.3 Å². The molecule has 3 atom stereocenters. The fraction of sp³-hybridized carbons (Fsp3) is 0.360. The van der Waals surface area contributed by atoms with E-state index in [1.165, 1.54) is 6.07 Å². The van der Waals surface area contributed by atoms with Gasteiger partial charge < -0.3 is 9.64 Å². The predicted molar refractivity (Wildman–Crippen MR) is 118 cm³/mol. The highest BCUT2D eigenvalue weighted by Crippen LogP contribution is 2.39. The average molecular weight is 468 g/mol. The van der Waals surface area contributed by atoms with E-state index in [2.05, 4.69) is 15.0 Å². The largest absolute Gasteiger partial charge is 0.472 e. The van der Waals surface area contributed by atoms with Crippen molar-refractivity contribution >= 4 is 5.91 Å². The molecule has 3 aromatic rings. The van der Waals surface area contributed by atoms with Gasteiger partial charge in [0.25, 0.3) is 5.91 Å². The molecule has 1 aliphatic carbocycles. The Kier molecular flexibility index (Phi) is 5.71. The fourth-order valence-electron chi connectivity index (χ4n) is 4.94. The molecule has 0 N–H and O–H groups in total. The molecule has 1 amide bonds. The van der Waals surface area contributed by atoms with Gasteiger partial charge in [-0.3, -0.25) is 14.8 Å². The van der Waals surface area contributed by atoms with E-state index in [4.69, 9.17) is 4.74 Å². The molecule has 176 valence electrons. The second-order valence-corrected chi connectivity index (χ2v) is 8.81. The SMILES string of the molecule is Cc1cccnc1-c1cccnc1C(=O)N1C[C@@H]2CC[C@H]1[C@H](Oc1ccc(C(F)(F)F)cn1)C2. The number of aryl methyl sites for hydroxylation is 1. The summed E-state index contributed by atoms with van der Waals surface area (Å²) in [4.78, 5) is 28.2. The third kappa shape index (κ3) is 4.22. The highest BCUT2D eigenvalue weighted by molar-refractivity contribution is 5.99. The van der Waals surface area contributed by atoms with E-state index in [1.807, 2.05) is 25.1 Å². The number of carbonyl (C=O) groups is 1. The third-order valence-corrected chi connectivity index (χ3v) is 6.59. The van der Waals surface area contributed by atoms with Crippen molar-refractivity contribution < 1.29 is 22.7 Å². The van der Waals surface area contributed by atoms with Gasteiger partial charge in [0.1, 0.15) is 11.8 Å². The van der Waals surface area contributed by atoms with E-state index in [1.54, 1.807) is 23.4 Å². The molecule has 2 saturated heterocycles. The standard InChI is InChI=1S/C25H23F3N4O2/c1-15-4-2-10-29-22(15)18-5-3-11-30-23(18)24(33)32-14-16-6-8-19(32)20(12-16)34-21-9-7-17(13-31-21)25(26,27)28/h2-5,7,9-11,13,16,19-20H,6,8,12,14H2,1H3/t16-,19+,20-/m1/s1. The number of rotatable bonds is 4. The van der Waals surface area contributed by atoms with Crippen molar-refractivity contribution in [1.29, 1.82) is 0 Å². The fourth-order valence-corrected chi connectivity index (χ4v) is 4.94. The second kappa shape index (κ2) is 8.70. The Morgan fingerprint density at radius 2 is 1.85 bits per heavy atom. The molecule has 3 fully saturated rings. The minimum atomic E-state index is -4.45. The molecular weight excluding hydrogens is 445 g/mol. The van der Waals surface area contributed by atoms with E-state index in [0.29, 0.717) is 23.5 Å². The van der Waals surface area contributed by atoms with Crippen LogP contribution in [0.3, 0.4) is 0 Å². The smallest absolute Gasteiger partial charge is 0.417 e. The van der Waals surface area contributed by atoms with Gasteiger partial charge in [-0.25, -0.2) is 4.98 Å². The predicted octanol–water partition coefficient (Wildman–Crippen LogP) is 4.94. The van der Waals surface area contributed by atoms with Crippen molar-refractivity contribution in [2.24, 2.45) is 5.92 Å². The minimum absolute atomic E-state index is 0.126. The highest BCUT2D eigenvalue weighted by Gasteiger charge is 2.45. The normalized spacial score (nSPS) is 22.0. The number of aromatic nitrogens is 3. The molecular formula is C25H23F3N4O2. The van der Waals surface area contributed by atoms with Gasteiger partial charge in [-0.05, 0) is 61.9 Å². The van der Waals surface area contributed by atoms with Gasteiger partial charge in [0.2, 0.25) is 5.88 Å². The summed E-state index contributed by atoms with van der Waals surface area (Å²) in [6, 6.07) is 9.40. The number of pyridine rings is 3. The Labute approximate surface area is 194 Å². The first-order valence-electron chi connectivity index (χ1n) is 11.2. The van der Waals surface area contributed by atoms with Gasteiger partial charge in [0.15, 0.2) is 0 Å². The molecule has 3 aromatic heterocycles. The molecule has 0 unspecified atom stereocenters. The van der Waals surface area contributed by atoms with Crippen LogP contribution in [0.15, 0.2) is 55.0 Å². The number of nitrogens with zero attached hydrogens (tertiary/aromatic N) is 4. The first kappa shape index (κ1) is 22.3. The third-order valence-electron chi connectivity index (χ3n) is 6.59. The number of carbonyl (C=O) groups excluding carboxylic acids is 1. The van der Waals surface area contributed by atoms with Crippen LogP contribution < -0.4 is 4.74 Å². The molecule has 9 heteroatoms. The monoisotopic (exact) mass is 468 g/mol. The maximum atomic E-state index is 13.7. The lowest BCUT2D eigenvalue weighted by Crippen LogP contribution is -2.59. The van der Waals surface area contributed by atoms with E-state index >= 15 is 0 Å². The Balaban J connectivity index is 1.40. The number of hydrogen-bond acceptors (Lipinski definition) is 5. The molecule has 6 rings (SSSR count). The first-order chi connectivity index (χ1) is 16.3. The number of ether oxygens (including phenoxy) is 1. The number of fused-ring (bicyclic) bond motifs is 3. The first-order valence-corrected chi connectivity index (χ1v) is 11.2. The Bertz CT molecular complexity index is 1200. The summed E-state index contributed by atoms with van der Waals surface area (Å²) in [6.07, 6.45) is 1.72. The zero-order valence-electron chi connectivity index (χ0n) is 18.5. The molecule has 0 spiro atoms. The van der Waals surface area contributed by atoms with Crippen molar-refractivity contribution in [1.82, 2.24) is 19.9 Å². The molecule has 0 radical (unpaired) electrons. The zero-order valence-corrected chi connectivity index (χ0v) is 18.5. The summed E-state index contributed by atoms with van der Waals surface area (Å²) < 4.78 is 44.5. The van der Waals surface area contributed by atoms with E-state index in [0.717, 1.165) is 37.1 Å². The quantitative estimate of drug-likeness (QED) is 0.543. The lowest BCUT2D eigenvalue weighted by molar-refractivity contribution is -0.137. The van der Waals surface area contributed by atoms with Crippen molar-refractivity contribution in [3.63, 3.8) is 0 Å². The van der Waals surface area contributed by atoms with E-state index in [9.17, 15) is 18.0 Å². The second-order valence-electron chi connectivity index (χ2n) is 8.81. The molecule has 3 aliphatic rings. The lowest BCUT2D eigenvalue weighted by atomic mass is 9.77. The summed E-state index contributed by atoms with van der Waals surface area (Å²) in [6.45, 7) is 2.54. The minimum Gasteiger partial charge on any atom is -0.472 e. The van der Waals surface area contributed by atoms with Gasteiger partial charge >= 0.3 is 6.18 Å². The number of hydrogen-bond donors (Lipinski definition) is 0. The summed E-state index contributed by atoms with van der Waals surface area (Å²) in [5, 5.41) is 0. The van der Waals surface area contributed by atoms with Gasteiger partial charge in [-0.2, -0.15) is 13.2 Å². The summed E-state index contributed by atoms with van der Waals surface area (Å²) in [5.74, 6) is 0.182.